The Morgan fingerprint density at radius 2 is 1.64 bits per heavy atom. The molecular formula is C37H54N2O3. The summed E-state index contributed by atoms with van der Waals surface area (Å²) in [5.74, 6) is 0.471. The topological polar surface area (TPSA) is 70.4 Å². The quantitative estimate of drug-likeness (QED) is 0.302. The maximum absolute atomic E-state index is 13.6. The van der Waals surface area contributed by atoms with Gasteiger partial charge in [0, 0.05) is 17.4 Å². The Balaban J connectivity index is 1.51. The van der Waals surface area contributed by atoms with Crippen molar-refractivity contribution in [3.05, 3.63) is 34.9 Å². The van der Waals surface area contributed by atoms with Crippen LogP contribution in [-0.2, 0) is 14.3 Å². The molecule has 0 unspecified atom stereocenters. The number of rotatable bonds is 6. The zero-order chi connectivity index (χ0) is 30.9. The van der Waals surface area contributed by atoms with Gasteiger partial charge in [-0.15, -0.1) is 0 Å². The first-order valence-electron chi connectivity index (χ1n) is 16.6. The summed E-state index contributed by atoms with van der Waals surface area (Å²) in [6.45, 7) is 23.4. The van der Waals surface area contributed by atoms with E-state index in [9.17, 15) is 14.9 Å². The number of hydrogen-bond acceptors (Lipinski definition) is 5. The maximum Gasteiger partial charge on any atom is 0.311 e. The van der Waals surface area contributed by atoms with Gasteiger partial charge < -0.3 is 9.64 Å². The minimum Gasteiger partial charge on any atom is -0.464 e. The van der Waals surface area contributed by atoms with Gasteiger partial charge in [0.1, 0.15) is 12.7 Å². The van der Waals surface area contributed by atoms with Gasteiger partial charge in [0.25, 0.3) is 0 Å². The third-order valence-electron chi connectivity index (χ3n) is 13.7. The predicted octanol–water partition coefficient (Wildman–Crippen LogP) is 7.83. The highest BCUT2D eigenvalue weighted by molar-refractivity contribution is 6.04. The van der Waals surface area contributed by atoms with Crippen LogP contribution in [0.4, 0.5) is 0 Å². The number of ketones is 1. The monoisotopic (exact) mass is 574 g/mol. The van der Waals surface area contributed by atoms with Gasteiger partial charge in [-0.2, -0.15) is 5.26 Å². The summed E-state index contributed by atoms with van der Waals surface area (Å²) in [5.41, 5.74) is 1.93. The number of allylic oxidation sites excluding steroid dienone is 6. The molecule has 0 radical (unpaired) electrons. The molecule has 5 nitrogen and oxygen atoms in total. The molecule has 0 bridgehead atoms. The molecule has 5 rings (SSSR count). The number of nitriles is 1. The number of carbonyl (C=O) groups excluding carboxylic acids is 2. The normalized spacial score (nSPS) is 42.1. The summed E-state index contributed by atoms with van der Waals surface area (Å²) in [7, 11) is 0. The van der Waals surface area contributed by atoms with Crippen molar-refractivity contribution in [3.8, 4) is 6.07 Å². The molecule has 0 heterocycles. The standard InChI is InChI=1S/C37H54N2O3/c1-10-39(11-2)20-21-42-31(41)34(6)17-16-33(5)18-19-36(8)26(27(33)23-34)12-13-29-35(7)22-25(24-38)30(40)32(3,4)28(35)14-15-37(29,36)9/h12-13,22,27-28H,10-11,14-21,23H2,1-9H3/t27-,28-,33+,34-,35-,36+,37+/m0/s1. The second-order valence-corrected chi connectivity index (χ2v) is 16.1. The van der Waals surface area contributed by atoms with Crippen LogP contribution < -0.4 is 0 Å². The van der Waals surface area contributed by atoms with Crippen LogP contribution in [0.1, 0.15) is 107 Å². The van der Waals surface area contributed by atoms with Gasteiger partial charge in [-0.3, -0.25) is 9.59 Å². The molecule has 5 aliphatic rings. The van der Waals surface area contributed by atoms with Crippen molar-refractivity contribution in [2.45, 2.75) is 107 Å². The first kappa shape index (κ1) is 31.2. The van der Waals surface area contributed by atoms with E-state index in [-0.39, 0.29) is 39.3 Å². The van der Waals surface area contributed by atoms with Crippen LogP contribution in [0.2, 0.25) is 0 Å². The molecule has 5 aliphatic carbocycles. The molecular weight excluding hydrogens is 520 g/mol. The third-order valence-corrected chi connectivity index (χ3v) is 13.7. The lowest BCUT2D eigenvalue weighted by atomic mass is 9.36. The van der Waals surface area contributed by atoms with Gasteiger partial charge in [-0.1, -0.05) is 84.8 Å². The highest BCUT2D eigenvalue weighted by Crippen LogP contribution is 2.74. The molecule has 7 atom stereocenters. The average molecular weight is 575 g/mol. The lowest BCUT2D eigenvalue weighted by Crippen LogP contribution is -2.60. The van der Waals surface area contributed by atoms with E-state index >= 15 is 0 Å². The second kappa shape index (κ2) is 10.2. The van der Waals surface area contributed by atoms with E-state index in [2.05, 4.69) is 71.6 Å². The molecule has 3 saturated carbocycles. The Kier molecular flexibility index (Phi) is 7.58. The van der Waals surface area contributed by atoms with E-state index < -0.39 is 10.8 Å². The Morgan fingerprint density at radius 1 is 0.976 bits per heavy atom. The summed E-state index contributed by atoms with van der Waals surface area (Å²) < 4.78 is 5.95. The smallest absolute Gasteiger partial charge is 0.311 e. The SMILES string of the molecule is CCN(CC)CCOC(=O)[C@@]1(C)CC[C@]2(C)CC[C@]3(C)C(=CC=C4[C@@]5(C)C=C(C#N)C(=O)C(C)(C)[C@@H]5CC[C@]43C)[C@@H]2C1. The van der Waals surface area contributed by atoms with Gasteiger partial charge in [0.15, 0.2) is 5.78 Å². The maximum atomic E-state index is 13.6. The minimum absolute atomic E-state index is 0.00571. The van der Waals surface area contributed by atoms with E-state index in [1.54, 1.807) is 0 Å². The molecule has 0 saturated heterocycles. The lowest BCUT2D eigenvalue weighted by Gasteiger charge is -2.67. The summed E-state index contributed by atoms with van der Waals surface area (Å²) in [4.78, 5) is 29.2. The molecule has 0 amide bonds. The van der Waals surface area contributed by atoms with Crippen LogP contribution in [0.15, 0.2) is 34.9 Å². The van der Waals surface area contributed by atoms with E-state index in [1.165, 1.54) is 11.1 Å². The molecule has 0 N–H and O–H groups in total. The first-order valence-corrected chi connectivity index (χ1v) is 16.6. The second-order valence-electron chi connectivity index (χ2n) is 16.1. The fourth-order valence-corrected chi connectivity index (χ4v) is 10.4. The number of ether oxygens (including phenoxy) is 1. The largest absolute Gasteiger partial charge is 0.464 e. The number of likely N-dealkylation sites (N-methyl/N-ethyl adjacent to an activating group) is 1. The summed E-state index contributed by atoms with van der Waals surface area (Å²) in [6, 6.07) is 2.25. The van der Waals surface area contributed by atoms with Gasteiger partial charge >= 0.3 is 5.97 Å². The Hall–Kier alpha value is -2.19. The van der Waals surface area contributed by atoms with Gasteiger partial charge in [0.2, 0.25) is 0 Å². The fraction of sp³-hybridized carbons (Fsp3) is 0.757. The summed E-state index contributed by atoms with van der Waals surface area (Å²) in [6.07, 6.45) is 13.9. The van der Waals surface area contributed by atoms with Crippen LogP contribution in [-0.4, -0.2) is 42.9 Å². The summed E-state index contributed by atoms with van der Waals surface area (Å²) >= 11 is 0. The number of hydrogen-bond donors (Lipinski definition) is 0. The van der Waals surface area contributed by atoms with Gasteiger partial charge in [-0.05, 0) is 93.0 Å². The van der Waals surface area contributed by atoms with Crippen molar-refractivity contribution in [2.24, 2.45) is 44.3 Å². The molecule has 230 valence electrons. The van der Waals surface area contributed by atoms with E-state index in [0.717, 1.165) is 64.6 Å². The van der Waals surface area contributed by atoms with Gasteiger partial charge in [0.05, 0.1) is 11.0 Å². The average Bonchev–Trinajstić information content (AvgIpc) is 2.94. The fourth-order valence-electron chi connectivity index (χ4n) is 10.4. The van der Waals surface area contributed by atoms with Crippen molar-refractivity contribution in [1.82, 2.24) is 4.90 Å². The van der Waals surface area contributed by atoms with Crippen LogP contribution in [0, 0.1) is 55.7 Å². The van der Waals surface area contributed by atoms with Crippen molar-refractivity contribution < 1.29 is 14.3 Å². The van der Waals surface area contributed by atoms with Crippen molar-refractivity contribution >= 4 is 11.8 Å². The van der Waals surface area contributed by atoms with Crippen LogP contribution in [0.5, 0.6) is 0 Å². The van der Waals surface area contributed by atoms with Crippen molar-refractivity contribution in [2.75, 3.05) is 26.2 Å². The van der Waals surface area contributed by atoms with E-state index in [1.807, 2.05) is 19.9 Å². The first-order chi connectivity index (χ1) is 19.6. The minimum atomic E-state index is -0.566. The molecule has 5 heteroatoms. The van der Waals surface area contributed by atoms with Crippen LogP contribution in [0.25, 0.3) is 0 Å². The Labute approximate surface area is 254 Å². The number of fused-ring (bicyclic) bond motifs is 7. The van der Waals surface area contributed by atoms with E-state index in [4.69, 9.17) is 4.74 Å². The molecule has 0 aromatic carbocycles. The number of Topliss-reactive ketones (excluding diaryl/α,β-unsaturated/α-hetero) is 1. The van der Waals surface area contributed by atoms with Crippen molar-refractivity contribution in [3.63, 3.8) is 0 Å². The van der Waals surface area contributed by atoms with Crippen LogP contribution in [0.3, 0.4) is 0 Å². The Morgan fingerprint density at radius 3 is 2.29 bits per heavy atom. The lowest BCUT2D eigenvalue weighted by molar-refractivity contribution is -0.162. The highest BCUT2D eigenvalue weighted by Gasteiger charge is 2.66. The van der Waals surface area contributed by atoms with E-state index in [0.29, 0.717) is 18.1 Å². The third kappa shape index (κ3) is 4.25. The molecule has 3 fully saturated rings. The molecule has 0 aromatic heterocycles. The predicted molar refractivity (Wildman–Crippen MR) is 167 cm³/mol. The zero-order valence-electron chi connectivity index (χ0n) is 27.8. The molecule has 0 aliphatic heterocycles. The highest BCUT2D eigenvalue weighted by atomic mass is 16.5. The van der Waals surface area contributed by atoms with Gasteiger partial charge in [-0.25, -0.2) is 0 Å². The summed E-state index contributed by atoms with van der Waals surface area (Å²) in [5, 5.41) is 9.94. The molecule has 42 heavy (non-hydrogen) atoms. The Bertz CT molecular complexity index is 1300. The number of nitrogens with zero attached hydrogens (tertiary/aromatic N) is 2. The number of carbonyl (C=O) groups is 2. The zero-order valence-corrected chi connectivity index (χ0v) is 27.8. The van der Waals surface area contributed by atoms with Crippen molar-refractivity contribution in [1.29, 1.82) is 5.26 Å². The van der Waals surface area contributed by atoms with Crippen LogP contribution >= 0.6 is 0 Å². The molecule has 0 aromatic rings. The number of esters is 1. The molecule has 0 spiro atoms.